The molecule has 0 aliphatic carbocycles. The number of carbonyl (C=O) groups excluding carboxylic acids is 1. The molecule has 0 saturated carbocycles. The van der Waals surface area contributed by atoms with Gasteiger partial charge in [-0.25, -0.2) is 0 Å². The molecule has 0 bridgehead atoms. The zero-order chi connectivity index (χ0) is 22.3. The Balaban J connectivity index is 0.00000480. The Morgan fingerprint density at radius 2 is 2.00 bits per heavy atom. The van der Waals surface area contributed by atoms with Gasteiger partial charge in [0.1, 0.15) is 11.7 Å². The summed E-state index contributed by atoms with van der Waals surface area (Å²) in [5, 5.41) is 25.2. The summed E-state index contributed by atoms with van der Waals surface area (Å²) < 4.78 is 0. The number of hydrogen-bond donors (Lipinski definition) is 4. The van der Waals surface area contributed by atoms with Crippen molar-refractivity contribution in [3.8, 4) is 12.3 Å². The summed E-state index contributed by atoms with van der Waals surface area (Å²) in [7, 11) is 0. The van der Waals surface area contributed by atoms with Crippen molar-refractivity contribution in [1.29, 1.82) is 0 Å². The van der Waals surface area contributed by atoms with E-state index >= 15 is 0 Å². The van der Waals surface area contributed by atoms with Crippen molar-refractivity contribution in [3.05, 3.63) is 41.7 Å². The highest BCUT2D eigenvalue weighted by Crippen LogP contribution is 2.30. The van der Waals surface area contributed by atoms with Crippen LogP contribution >= 0.6 is 24.0 Å². The maximum absolute atomic E-state index is 12.6. The molecule has 1 aliphatic rings. The Labute approximate surface area is 205 Å². The van der Waals surface area contributed by atoms with E-state index in [0.29, 0.717) is 12.0 Å². The molecule has 1 heterocycles. The molecule has 3 atom stereocenters. The third-order valence-corrected chi connectivity index (χ3v) is 5.64. The van der Waals surface area contributed by atoms with E-state index in [1.807, 2.05) is 12.1 Å². The first-order valence-corrected chi connectivity index (χ1v) is 10.8. The van der Waals surface area contributed by atoms with Gasteiger partial charge in [0.05, 0.1) is 0 Å². The highest BCUT2D eigenvalue weighted by atomic mass is 127. The van der Waals surface area contributed by atoms with Gasteiger partial charge >= 0.3 is 0 Å². The maximum Gasteiger partial charge on any atom is 0.246 e. The van der Waals surface area contributed by atoms with Crippen LogP contribution in [0, 0.1) is 24.2 Å². The molecule has 31 heavy (non-hydrogen) atoms. The lowest BCUT2D eigenvalue weighted by Gasteiger charge is -2.30. The predicted molar refractivity (Wildman–Crippen MR) is 138 cm³/mol. The first kappa shape index (κ1) is 27.3. The third-order valence-electron chi connectivity index (χ3n) is 5.64. The lowest BCUT2D eigenvalue weighted by atomic mass is 10.1. The summed E-state index contributed by atoms with van der Waals surface area (Å²) in [5.41, 5.74) is 2.16. The molecule has 6 nitrogen and oxygen atoms in total. The molecular weight excluding hydrogens is 505 g/mol. The van der Waals surface area contributed by atoms with Crippen LogP contribution in [0.4, 0.5) is 5.69 Å². The minimum absolute atomic E-state index is 0. The number of carbonyl (C=O) groups is 1. The van der Waals surface area contributed by atoms with Crippen LogP contribution in [0.3, 0.4) is 0 Å². The van der Waals surface area contributed by atoms with Crippen molar-refractivity contribution in [2.24, 2.45) is 11.8 Å². The van der Waals surface area contributed by atoms with Gasteiger partial charge < -0.3 is 25.7 Å². The fourth-order valence-electron chi connectivity index (χ4n) is 3.73. The Morgan fingerprint density at radius 1 is 1.35 bits per heavy atom. The van der Waals surface area contributed by atoms with Crippen LogP contribution in [0.5, 0.6) is 0 Å². The van der Waals surface area contributed by atoms with E-state index in [1.165, 1.54) is 5.56 Å². The van der Waals surface area contributed by atoms with Gasteiger partial charge in [-0.2, -0.15) is 0 Å². The highest BCUT2D eigenvalue weighted by molar-refractivity contribution is 14.0. The molecule has 174 valence electrons. The van der Waals surface area contributed by atoms with Crippen molar-refractivity contribution < 1.29 is 16.4 Å². The summed E-state index contributed by atoms with van der Waals surface area (Å²) in [5.74, 6) is -0.0696. The molecule has 1 saturated heterocycles. The Hall–Kier alpha value is -1.76. The van der Waals surface area contributed by atoms with Gasteiger partial charge in [0.25, 0.3) is 0 Å². The van der Waals surface area contributed by atoms with Crippen LogP contribution in [-0.4, -0.2) is 39.5 Å². The summed E-state index contributed by atoms with van der Waals surface area (Å²) in [6.07, 6.45) is 10.3. The minimum Gasteiger partial charge on any atom is -0.355 e. The maximum atomic E-state index is 12.6. The zero-order valence-electron chi connectivity index (χ0n) is 18.9. The molecule has 0 aromatic heterocycles. The fraction of sp³-hybridized carbons (Fsp3) is 0.542. The number of terminal acetylenes is 1. The predicted octanol–water partition coefficient (Wildman–Crippen LogP) is 3.90. The second-order valence-electron chi connectivity index (χ2n) is 8.09. The van der Waals surface area contributed by atoms with Crippen molar-refractivity contribution in [2.45, 2.75) is 65.3 Å². The van der Waals surface area contributed by atoms with Crippen molar-refractivity contribution in [3.63, 3.8) is 0 Å². The van der Waals surface area contributed by atoms with E-state index in [0.717, 1.165) is 37.3 Å². The van der Waals surface area contributed by atoms with E-state index in [4.69, 9.17) is 6.42 Å². The summed E-state index contributed by atoms with van der Waals surface area (Å²) in [4.78, 5) is 14.9. The molecule has 1 unspecified atom stereocenters. The first-order valence-electron chi connectivity index (χ1n) is 10.8. The van der Waals surface area contributed by atoms with E-state index < -0.39 is 17.7 Å². The van der Waals surface area contributed by atoms with E-state index in [9.17, 15) is 15.0 Å². The van der Waals surface area contributed by atoms with E-state index in [1.54, 1.807) is 13.0 Å². The molecule has 1 aromatic rings. The SMILES string of the molecule is C#CC(/C=C(\Nc1ccc(CC)cc1)N1C[C@H](C)C[C@@H]1CC)C(=O)NC(O)(O)CC.I.[HH]. The average molecular weight is 543 g/mol. The molecule has 0 spiro atoms. The smallest absolute Gasteiger partial charge is 0.246 e. The number of halogens is 1. The molecule has 1 aromatic carbocycles. The highest BCUT2D eigenvalue weighted by Gasteiger charge is 2.32. The van der Waals surface area contributed by atoms with Crippen molar-refractivity contribution >= 4 is 35.6 Å². The largest absolute Gasteiger partial charge is 0.355 e. The second-order valence-corrected chi connectivity index (χ2v) is 8.09. The molecule has 4 N–H and O–H groups in total. The number of aryl methyl sites for hydroxylation is 1. The van der Waals surface area contributed by atoms with E-state index in [2.05, 4.69) is 54.4 Å². The van der Waals surface area contributed by atoms with Gasteiger partial charge in [-0.1, -0.05) is 45.7 Å². The van der Waals surface area contributed by atoms with Crippen LogP contribution < -0.4 is 10.6 Å². The molecule has 1 aliphatic heterocycles. The number of rotatable bonds is 9. The van der Waals surface area contributed by atoms with Crippen LogP contribution in [0.25, 0.3) is 0 Å². The summed E-state index contributed by atoms with van der Waals surface area (Å²) in [6.45, 7) is 8.91. The Kier molecular flexibility index (Phi) is 10.8. The Morgan fingerprint density at radius 3 is 2.52 bits per heavy atom. The minimum atomic E-state index is -2.28. The van der Waals surface area contributed by atoms with Crippen LogP contribution in [-0.2, 0) is 11.2 Å². The van der Waals surface area contributed by atoms with Gasteiger partial charge in [-0.3, -0.25) is 4.79 Å². The van der Waals surface area contributed by atoms with Gasteiger partial charge in [0.2, 0.25) is 11.8 Å². The number of aliphatic hydroxyl groups is 2. The van der Waals surface area contributed by atoms with Crippen LogP contribution in [0.2, 0.25) is 0 Å². The summed E-state index contributed by atoms with van der Waals surface area (Å²) in [6, 6.07) is 8.52. The fourth-order valence-corrected chi connectivity index (χ4v) is 3.73. The number of nitrogens with one attached hydrogen (secondary N) is 2. The Bertz CT molecular complexity index is 793. The van der Waals surface area contributed by atoms with Gasteiger partial charge in [0.15, 0.2) is 0 Å². The number of hydrogen-bond acceptors (Lipinski definition) is 5. The lowest BCUT2D eigenvalue weighted by molar-refractivity contribution is -0.191. The summed E-state index contributed by atoms with van der Waals surface area (Å²) >= 11 is 0. The second kappa shape index (κ2) is 12.3. The number of benzene rings is 1. The topological polar surface area (TPSA) is 84.8 Å². The first-order chi connectivity index (χ1) is 14.2. The van der Waals surface area contributed by atoms with Gasteiger partial charge in [-0.05, 0) is 49.0 Å². The quantitative estimate of drug-likeness (QED) is 0.216. The van der Waals surface area contributed by atoms with E-state index in [-0.39, 0.29) is 31.8 Å². The molecular formula is C24H38IN3O3. The normalized spacial score (nSPS) is 19.9. The number of anilines is 1. The third kappa shape index (κ3) is 7.70. The monoisotopic (exact) mass is 543 g/mol. The van der Waals surface area contributed by atoms with Gasteiger partial charge in [0, 0.05) is 26.1 Å². The van der Waals surface area contributed by atoms with Crippen LogP contribution in [0.15, 0.2) is 36.2 Å². The number of amides is 1. The molecule has 1 fully saturated rings. The number of nitrogens with zero attached hydrogens (tertiary/aromatic N) is 1. The lowest BCUT2D eigenvalue weighted by Crippen LogP contribution is -2.49. The number of likely N-dealkylation sites (tertiary alicyclic amines) is 1. The molecule has 7 heteroatoms. The van der Waals surface area contributed by atoms with Gasteiger partial charge in [-0.15, -0.1) is 30.4 Å². The molecule has 2 rings (SSSR count). The molecule has 0 radical (unpaired) electrons. The van der Waals surface area contributed by atoms with Crippen LogP contribution in [0.1, 0.15) is 53.9 Å². The van der Waals surface area contributed by atoms with Crippen molar-refractivity contribution in [2.75, 3.05) is 11.9 Å². The standard InChI is InChI=1S/C24H35N3O3.HI.H2/c1-6-18-10-12-20(13-11-18)25-22(27-16-17(5)14-21(27)8-3)15-19(7-2)23(28)26-24(29,30)9-4;;/h2,10-13,15,17,19,21,25,29-30H,6,8-9,14,16H2,1,3-5H3,(H,26,28);2*1H/b22-15+;;/t17-,19?,21+;;/m1../s1. The average Bonchev–Trinajstić information content (AvgIpc) is 3.11. The zero-order valence-corrected chi connectivity index (χ0v) is 21.2. The molecule has 1 amide bonds. The van der Waals surface area contributed by atoms with Crippen molar-refractivity contribution in [1.82, 2.24) is 10.2 Å².